The Morgan fingerprint density at radius 1 is 1.32 bits per heavy atom. The Kier molecular flexibility index (Phi) is 6.47. The molecule has 0 aliphatic carbocycles. The number of nitrogens with one attached hydrogen (secondary N) is 1. The number of ether oxygens (including phenoxy) is 1. The van der Waals surface area contributed by atoms with E-state index >= 15 is 0 Å². The quantitative estimate of drug-likeness (QED) is 0.554. The highest BCUT2D eigenvalue weighted by Gasteiger charge is 2.24. The van der Waals surface area contributed by atoms with Crippen LogP contribution in [-0.2, 0) is 11.3 Å². The van der Waals surface area contributed by atoms with Crippen LogP contribution in [0, 0.1) is 18.3 Å². The second-order valence-electron chi connectivity index (χ2n) is 6.22. The van der Waals surface area contributed by atoms with Crippen LogP contribution in [0.1, 0.15) is 49.8 Å². The highest BCUT2D eigenvalue weighted by molar-refractivity contribution is 7.18. The lowest BCUT2D eigenvalue weighted by Gasteiger charge is -2.19. The number of carbonyl (C=O) groups is 1. The average Bonchev–Trinajstić information content (AvgIpc) is 3.31. The highest BCUT2D eigenvalue weighted by Crippen LogP contribution is 2.33. The maximum Gasteiger partial charge on any atom is 0.348 e. The van der Waals surface area contributed by atoms with E-state index in [1.165, 1.54) is 5.56 Å². The first-order valence-corrected chi connectivity index (χ1v) is 10.6. The summed E-state index contributed by atoms with van der Waals surface area (Å²) in [6.45, 7) is 4.41. The summed E-state index contributed by atoms with van der Waals surface area (Å²) < 4.78 is 5.14. The Morgan fingerprint density at radius 3 is 2.68 bits per heavy atom. The number of anilines is 1. The number of benzene rings is 1. The van der Waals surface area contributed by atoms with Crippen LogP contribution in [-0.4, -0.2) is 12.6 Å². The van der Waals surface area contributed by atoms with Crippen molar-refractivity contribution in [1.82, 2.24) is 5.32 Å². The van der Waals surface area contributed by atoms with Gasteiger partial charge in [-0.05, 0) is 30.9 Å². The molecule has 2 aromatic heterocycles. The fourth-order valence-electron chi connectivity index (χ4n) is 2.94. The van der Waals surface area contributed by atoms with Crippen LogP contribution in [0.4, 0.5) is 5.00 Å². The van der Waals surface area contributed by atoms with Gasteiger partial charge in [0.2, 0.25) is 0 Å². The smallest absolute Gasteiger partial charge is 0.348 e. The summed E-state index contributed by atoms with van der Waals surface area (Å²) in [5, 5.41) is 15.4. The number of nitrogens with zero attached hydrogens (tertiary/aromatic N) is 1. The van der Waals surface area contributed by atoms with Gasteiger partial charge in [-0.1, -0.05) is 35.9 Å². The Balaban J connectivity index is 1.93. The first-order chi connectivity index (χ1) is 13.5. The molecule has 3 rings (SSSR count). The molecule has 144 valence electrons. The van der Waals surface area contributed by atoms with E-state index in [1.54, 1.807) is 18.3 Å². The molecule has 3 N–H and O–H groups in total. The molecular formula is C21H21N3O2S2. The lowest BCUT2D eigenvalue weighted by molar-refractivity contribution is 0.0530. The lowest BCUT2D eigenvalue weighted by atomic mass is 10.0. The molecule has 0 spiro atoms. The molecule has 3 aromatic rings. The molecule has 0 aliphatic heterocycles. The number of rotatable bonds is 7. The van der Waals surface area contributed by atoms with Gasteiger partial charge < -0.3 is 15.8 Å². The number of nitriles is 1. The zero-order chi connectivity index (χ0) is 20.1. The molecule has 0 aliphatic rings. The minimum atomic E-state index is -0.444. The fraction of sp³-hybridized carbons (Fsp3) is 0.238. The molecular weight excluding hydrogens is 390 g/mol. The monoisotopic (exact) mass is 411 g/mol. The van der Waals surface area contributed by atoms with Crippen molar-refractivity contribution in [3.8, 4) is 6.07 Å². The van der Waals surface area contributed by atoms with Crippen molar-refractivity contribution in [1.29, 1.82) is 5.26 Å². The Bertz CT molecular complexity index is 986. The molecule has 0 saturated heterocycles. The van der Waals surface area contributed by atoms with Crippen molar-refractivity contribution >= 4 is 33.6 Å². The zero-order valence-electron chi connectivity index (χ0n) is 15.7. The molecule has 1 aromatic carbocycles. The predicted octanol–water partition coefficient (Wildman–Crippen LogP) is 4.63. The standard InChI is InChI=1S/C21H21N3O2S2/c1-3-26-21(25)19-16(15(11-22)20(23)28-19)12-24-18(17-5-4-10-27-17)14-8-6-13(2)7-9-14/h4-10,18,24H,3,12,23H2,1-2H3/t18-/m1/s1. The van der Waals surface area contributed by atoms with E-state index in [0.29, 0.717) is 27.5 Å². The third kappa shape index (κ3) is 4.25. The van der Waals surface area contributed by atoms with Crippen LogP contribution in [0.5, 0.6) is 0 Å². The molecule has 0 fully saturated rings. The van der Waals surface area contributed by atoms with Crippen LogP contribution < -0.4 is 11.1 Å². The van der Waals surface area contributed by atoms with Gasteiger partial charge in [-0.15, -0.1) is 22.7 Å². The number of carbonyl (C=O) groups excluding carboxylic acids is 1. The van der Waals surface area contributed by atoms with E-state index in [2.05, 4.69) is 48.6 Å². The van der Waals surface area contributed by atoms with Gasteiger partial charge in [0.05, 0.1) is 18.2 Å². The van der Waals surface area contributed by atoms with Crippen molar-refractivity contribution in [2.24, 2.45) is 0 Å². The Hall–Kier alpha value is -2.66. The number of nitrogens with two attached hydrogens (primary N) is 1. The molecule has 5 nitrogen and oxygen atoms in total. The second kappa shape index (κ2) is 9.02. The van der Waals surface area contributed by atoms with E-state index in [1.807, 2.05) is 11.4 Å². The summed E-state index contributed by atoms with van der Waals surface area (Å²) in [6, 6.07) is 14.5. The molecule has 28 heavy (non-hydrogen) atoms. The van der Waals surface area contributed by atoms with Crippen LogP contribution >= 0.6 is 22.7 Å². The minimum absolute atomic E-state index is 0.0525. The van der Waals surface area contributed by atoms with Crippen LogP contribution in [0.2, 0.25) is 0 Å². The summed E-state index contributed by atoms with van der Waals surface area (Å²) in [6.07, 6.45) is 0. The van der Waals surface area contributed by atoms with E-state index < -0.39 is 5.97 Å². The summed E-state index contributed by atoms with van der Waals surface area (Å²) in [5.41, 5.74) is 9.22. The molecule has 2 heterocycles. The zero-order valence-corrected chi connectivity index (χ0v) is 17.3. The summed E-state index contributed by atoms with van der Waals surface area (Å²) in [5.74, 6) is -0.444. The predicted molar refractivity (Wildman–Crippen MR) is 114 cm³/mol. The van der Waals surface area contributed by atoms with Gasteiger partial charge in [0, 0.05) is 17.0 Å². The van der Waals surface area contributed by atoms with Gasteiger partial charge in [-0.25, -0.2) is 4.79 Å². The Morgan fingerprint density at radius 2 is 2.07 bits per heavy atom. The molecule has 7 heteroatoms. The van der Waals surface area contributed by atoms with Gasteiger partial charge >= 0.3 is 5.97 Å². The first kappa shape index (κ1) is 20.1. The Labute approximate surface area is 172 Å². The average molecular weight is 412 g/mol. The second-order valence-corrected chi connectivity index (χ2v) is 8.25. The molecule has 0 bridgehead atoms. The maximum absolute atomic E-state index is 12.3. The van der Waals surface area contributed by atoms with Crippen molar-refractivity contribution in [3.63, 3.8) is 0 Å². The summed E-state index contributed by atoms with van der Waals surface area (Å²) in [4.78, 5) is 13.9. The van der Waals surface area contributed by atoms with Gasteiger partial charge in [-0.2, -0.15) is 5.26 Å². The van der Waals surface area contributed by atoms with Crippen LogP contribution in [0.15, 0.2) is 41.8 Å². The largest absolute Gasteiger partial charge is 0.462 e. The molecule has 0 amide bonds. The van der Waals surface area contributed by atoms with E-state index in [4.69, 9.17) is 10.5 Å². The van der Waals surface area contributed by atoms with Crippen molar-refractivity contribution in [2.45, 2.75) is 26.4 Å². The van der Waals surface area contributed by atoms with Crippen LogP contribution in [0.25, 0.3) is 0 Å². The van der Waals surface area contributed by atoms with Gasteiger partial charge in [0.25, 0.3) is 0 Å². The topological polar surface area (TPSA) is 88.1 Å². The molecule has 0 radical (unpaired) electrons. The van der Waals surface area contributed by atoms with Gasteiger partial charge in [0.1, 0.15) is 15.9 Å². The number of aryl methyl sites for hydroxylation is 1. The number of hydrogen-bond donors (Lipinski definition) is 2. The minimum Gasteiger partial charge on any atom is -0.462 e. The number of esters is 1. The van der Waals surface area contributed by atoms with E-state index in [-0.39, 0.29) is 12.6 Å². The molecule has 1 atom stereocenters. The van der Waals surface area contributed by atoms with Gasteiger partial charge in [0.15, 0.2) is 0 Å². The van der Waals surface area contributed by atoms with Crippen molar-refractivity contribution < 1.29 is 9.53 Å². The van der Waals surface area contributed by atoms with E-state index in [0.717, 1.165) is 21.8 Å². The summed E-state index contributed by atoms with van der Waals surface area (Å²) >= 11 is 2.76. The van der Waals surface area contributed by atoms with Crippen LogP contribution in [0.3, 0.4) is 0 Å². The lowest BCUT2D eigenvalue weighted by Crippen LogP contribution is -2.22. The molecule has 0 unspecified atom stereocenters. The third-order valence-electron chi connectivity index (χ3n) is 4.33. The van der Waals surface area contributed by atoms with Crippen molar-refractivity contribution in [3.05, 3.63) is 73.8 Å². The fourth-order valence-corrected chi connectivity index (χ4v) is 4.70. The van der Waals surface area contributed by atoms with Gasteiger partial charge in [-0.3, -0.25) is 0 Å². The highest BCUT2D eigenvalue weighted by atomic mass is 32.1. The van der Waals surface area contributed by atoms with Crippen molar-refractivity contribution in [2.75, 3.05) is 12.3 Å². The maximum atomic E-state index is 12.3. The van der Waals surface area contributed by atoms with E-state index in [9.17, 15) is 10.1 Å². The third-order valence-corrected chi connectivity index (χ3v) is 6.31. The number of nitrogen functional groups attached to an aromatic ring is 1. The first-order valence-electron chi connectivity index (χ1n) is 8.86. The molecule has 0 saturated carbocycles. The number of thiophene rings is 2. The normalized spacial score (nSPS) is 11.8. The number of hydrogen-bond acceptors (Lipinski definition) is 7. The SMILES string of the molecule is CCOC(=O)c1sc(N)c(C#N)c1CN[C@H](c1ccc(C)cc1)c1cccs1. The summed E-state index contributed by atoms with van der Waals surface area (Å²) in [7, 11) is 0.